The Balaban J connectivity index is 3.41. The van der Waals surface area contributed by atoms with E-state index in [9.17, 15) is 9.90 Å². The van der Waals surface area contributed by atoms with Crippen molar-refractivity contribution in [1.29, 1.82) is 0 Å². The second kappa shape index (κ2) is 5.06. The van der Waals surface area contributed by atoms with E-state index in [-0.39, 0.29) is 11.5 Å². The molecule has 0 aliphatic heterocycles. The summed E-state index contributed by atoms with van der Waals surface area (Å²) in [6, 6.07) is 2.97. The summed E-state index contributed by atoms with van der Waals surface area (Å²) in [5.74, 6) is 3.22. The Labute approximate surface area is 102 Å². The van der Waals surface area contributed by atoms with E-state index in [0.717, 1.165) is 6.29 Å². The van der Waals surface area contributed by atoms with Crippen LogP contribution in [0.25, 0.3) is 0 Å². The molecule has 90 valence electrons. The molecule has 0 saturated heterocycles. The molecule has 1 N–H and O–H groups in total. The van der Waals surface area contributed by atoms with Gasteiger partial charge in [0, 0.05) is 5.56 Å². The molecule has 0 unspecified atom stereocenters. The minimum atomic E-state index is -1.54. The van der Waals surface area contributed by atoms with Gasteiger partial charge in [-0.3, -0.25) is 4.79 Å². The fraction of sp³-hybridized carbons (Fsp3) is 0.308. The Morgan fingerprint density at radius 3 is 2.47 bits per heavy atom. The molecule has 0 aromatic heterocycles. The van der Waals surface area contributed by atoms with Crippen LogP contribution in [0.2, 0.25) is 19.6 Å². The maximum Gasteiger partial charge on any atom is 0.176 e. The number of benzene rings is 1. The van der Waals surface area contributed by atoms with Crippen molar-refractivity contribution in [1.82, 2.24) is 0 Å². The predicted molar refractivity (Wildman–Crippen MR) is 70.3 cm³/mol. The molecule has 17 heavy (non-hydrogen) atoms. The molecule has 0 radical (unpaired) electrons. The molecule has 0 saturated carbocycles. The van der Waals surface area contributed by atoms with Gasteiger partial charge in [0.15, 0.2) is 17.8 Å². The van der Waals surface area contributed by atoms with Gasteiger partial charge in [0.05, 0.1) is 12.7 Å². The number of hydrogen-bond acceptors (Lipinski definition) is 3. The van der Waals surface area contributed by atoms with Crippen LogP contribution in [-0.4, -0.2) is 26.6 Å². The SMILES string of the molecule is COc1c(O)ccc(C=O)c1C#C[Si](C)(C)C. The molecule has 4 heteroatoms. The lowest BCUT2D eigenvalue weighted by Gasteiger charge is -2.09. The van der Waals surface area contributed by atoms with E-state index in [2.05, 4.69) is 31.1 Å². The van der Waals surface area contributed by atoms with E-state index in [1.165, 1.54) is 13.2 Å². The first-order chi connectivity index (χ1) is 7.89. The highest BCUT2D eigenvalue weighted by Crippen LogP contribution is 2.31. The lowest BCUT2D eigenvalue weighted by molar-refractivity contribution is 0.112. The van der Waals surface area contributed by atoms with Gasteiger partial charge in [-0.1, -0.05) is 25.6 Å². The lowest BCUT2D eigenvalue weighted by Crippen LogP contribution is -2.16. The summed E-state index contributed by atoms with van der Waals surface area (Å²) in [5, 5.41) is 9.64. The predicted octanol–water partition coefficient (Wildman–Crippen LogP) is 2.44. The number of rotatable bonds is 2. The molecule has 0 atom stereocenters. The molecule has 0 spiro atoms. The number of carbonyl (C=O) groups is 1. The third kappa shape index (κ3) is 3.36. The average Bonchev–Trinajstić information content (AvgIpc) is 2.25. The first-order valence-corrected chi connectivity index (χ1v) is 8.77. The number of phenolic OH excluding ortho intramolecular Hbond substituents is 1. The molecule has 1 aromatic rings. The van der Waals surface area contributed by atoms with Crippen LogP contribution in [0.1, 0.15) is 15.9 Å². The highest BCUT2D eigenvalue weighted by molar-refractivity contribution is 6.83. The van der Waals surface area contributed by atoms with Crippen LogP contribution in [-0.2, 0) is 0 Å². The monoisotopic (exact) mass is 248 g/mol. The van der Waals surface area contributed by atoms with Crippen LogP contribution in [0, 0.1) is 11.5 Å². The lowest BCUT2D eigenvalue weighted by atomic mass is 10.1. The van der Waals surface area contributed by atoms with E-state index in [0.29, 0.717) is 11.1 Å². The first-order valence-electron chi connectivity index (χ1n) is 5.27. The van der Waals surface area contributed by atoms with Crippen molar-refractivity contribution in [3.8, 4) is 23.0 Å². The van der Waals surface area contributed by atoms with Crippen LogP contribution in [0.3, 0.4) is 0 Å². The third-order valence-electron chi connectivity index (χ3n) is 2.06. The molecule has 1 rings (SSSR count). The van der Waals surface area contributed by atoms with Crippen molar-refractivity contribution in [2.75, 3.05) is 7.11 Å². The average molecular weight is 248 g/mol. The molecule has 0 aliphatic carbocycles. The summed E-state index contributed by atoms with van der Waals surface area (Å²) >= 11 is 0. The van der Waals surface area contributed by atoms with E-state index < -0.39 is 8.07 Å². The van der Waals surface area contributed by atoms with Crippen molar-refractivity contribution < 1.29 is 14.6 Å². The fourth-order valence-corrected chi connectivity index (χ4v) is 1.77. The zero-order chi connectivity index (χ0) is 13.1. The zero-order valence-corrected chi connectivity index (χ0v) is 11.5. The number of aldehydes is 1. The normalized spacial score (nSPS) is 10.4. The second-order valence-corrected chi connectivity index (χ2v) is 9.45. The molecule has 1 aromatic carbocycles. The summed E-state index contributed by atoms with van der Waals surface area (Å²) in [7, 11) is -0.0952. The summed E-state index contributed by atoms with van der Waals surface area (Å²) < 4.78 is 5.09. The third-order valence-corrected chi connectivity index (χ3v) is 2.94. The van der Waals surface area contributed by atoms with Crippen molar-refractivity contribution in [2.45, 2.75) is 19.6 Å². The topological polar surface area (TPSA) is 46.5 Å². The van der Waals surface area contributed by atoms with Gasteiger partial charge < -0.3 is 9.84 Å². The van der Waals surface area contributed by atoms with Crippen LogP contribution < -0.4 is 4.74 Å². The van der Waals surface area contributed by atoms with Crippen molar-refractivity contribution >= 4 is 14.4 Å². The van der Waals surface area contributed by atoms with Crippen LogP contribution in [0.4, 0.5) is 0 Å². The van der Waals surface area contributed by atoms with E-state index in [1.807, 2.05) is 0 Å². The highest BCUT2D eigenvalue weighted by Gasteiger charge is 2.13. The van der Waals surface area contributed by atoms with E-state index in [4.69, 9.17) is 4.74 Å². The molecular weight excluding hydrogens is 232 g/mol. The van der Waals surface area contributed by atoms with Crippen LogP contribution in [0.15, 0.2) is 12.1 Å². The van der Waals surface area contributed by atoms with Gasteiger partial charge in [-0.05, 0) is 12.1 Å². The fourth-order valence-electron chi connectivity index (χ4n) is 1.27. The summed E-state index contributed by atoms with van der Waals surface area (Å²) in [4.78, 5) is 10.9. The summed E-state index contributed by atoms with van der Waals surface area (Å²) in [6.07, 6.45) is 0.718. The number of methoxy groups -OCH3 is 1. The van der Waals surface area contributed by atoms with Gasteiger partial charge in [-0.15, -0.1) is 5.54 Å². The number of hydrogen-bond donors (Lipinski definition) is 1. The van der Waals surface area contributed by atoms with Gasteiger partial charge in [-0.2, -0.15) is 0 Å². The maximum atomic E-state index is 10.9. The van der Waals surface area contributed by atoms with Crippen molar-refractivity contribution in [2.24, 2.45) is 0 Å². The minimum Gasteiger partial charge on any atom is -0.504 e. The summed E-state index contributed by atoms with van der Waals surface area (Å²) in [6.45, 7) is 6.32. The maximum absolute atomic E-state index is 10.9. The Morgan fingerprint density at radius 1 is 1.35 bits per heavy atom. The molecular formula is C13H16O3Si. The first kappa shape index (κ1) is 13.3. The molecule has 0 bridgehead atoms. The molecule has 0 fully saturated rings. The van der Waals surface area contributed by atoms with Crippen LogP contribution >= 0.6 is 0 Å². The summed E-state index contributed by atoms with van der Waals surface area (Å²) in [5.41, 5.74) is 4.05. The Hall–Kier alpha value is -1.73. The molecule has 3 nitrogen and oxygen atoms in total. The largest absolute Gasteiger partial charge is 0.504 e. The van der Waals surface area contributed by atoms with Gasteiger partial charge in [0.2, 0.25) is 0 Å². The van der Waals surface area contributed by atoms with Gasteiger partial charge in [-0.25, -0.2) is 0 Å². The molecule has 0 heterocycles. The number of carbonyl (C=O) groups excluding carboxylic acids is 1. The van der Waals surface area contributed by atoms with E-state index in [1.54, 1.807) is 6.07 Å². The zero-order valence-electron chi connectivity index (χ0n) is 10.5. The Morgan fingerprint density at radius 2 is 2.00 bits per heavy atom. The smallest absolute Gasteiger partial charge is 0.176 e. The van der Waals surface area contributed by atoms with Crippen LogP contribution in [0.5, 0.6) is 11.5 Å². The Bertz CT molecular complexity index is 490. The second-order valence-electron chi connectivity index (χ2n) is 4.70. The van der Waals surface area contributed by atoms with Gasteiger partial charge in [0.25, 0.3) is 0 Å². The molecule has 0 amide bonds. The van der Waals surface area contributed by atoms with Crippen molar-refractivity contribution in [3.63, 3.8) is 0 Å². The van der Waals surface area contributed by atoms with E-state index >= 15 is 0 Å². The minimum absolute atomic E-state index is 0.00187. The number of phenols is 1. The standard InChI is InChI=1S/C13H16O3Si/c1-16-13-11(7-8-17(2,3)4)10(9-14)5-6-12(13)15/h5-6,9,15H,1-4H3. The van der Waals surface area contributed by atoms with Crippen molar-refractivity contribution in [3.05, 3.63) is 23.3 Å². The number of ether oxygens (including phenoxy) is 1. The van der Waals surface area contributed by atoms with Gasteiger partial charge in [0.1, 0.15) is 8.07 Å². The molecule has 0 aliphatic rings. The van der Waals surface area contributed by atoms with Gasteiger partial charge >= 0.3 is 0 Å². The Kier molecular flexibility index (Phi) is 3.97. The quantitative estimate of drug-likeness (QED) is 0.497. The highest BCUT2D eigenvalue weighted by atomic mass is 28.3. The number of aromatic hydroxyl groups is 1.